The van der Waals surface area contributed by atoms with E-state index in [4.69, 9.17) is 10.8 Å². The number of aromatic carboxylic acids is 1. The van der Waals surface area contributed by atoms with E-state index < -0.39 is 5.97 Å². The molecule has 0 aliphatic heterocycles. The number of rotatable bonds is 5. The fourth-order valence-corrected chi connectivity index (χ4v) is 1.73. The van der Waals surface area contributed by atoms with Crippen molar-refractivity contribution in [2.75, 3.05) is 17.6 Å². The molecule has 2 rings (SSSR count). The van der Waals surface area contributed by atoms with Crippen LogP contribution in [-0.2, 0) is 6.42 Å². The minimum Gasteiger partial charge on any atom is -0.478 e. The van der Waals surface area contributed by atoms with E-state index in [2.05, 4.69) is 10.3 Å². The molecular weight excluding hydrogens is 242 g/mol. The number of carboxylic acids is 1. The number of anilines is 2. The van der Waals surface area contributed by atoms with Crippen LogP contribution in [0, 0.1) is 0 Å². The van der Waals surface area contributed by atoms with Gasteiger partial charge >= 0.3 is 5.97 Å². The molecule has 5 heteroatoms. The van der Waals surface area contributed by atoms with Crippen molar-refractivity contribution in [3.8, 4) is 0 Å². The number of pyridine rings is 1. The van der Waals surface area contributed by atoms with Gasteiger partial charge in [0.2, 0.25) is 0 Å². The average molecular weight is 257 g/mol. The number of carboxylic acid groups (broad SMARTS) is 1. The Morgan fingerprint density at radius 2 is 2.00 bits per heavy atom. The molecule has 4 N–H and O–H groups in total. The van der Waals surface area contributed by atoms with Gasteiger partial charge in [-0.15, -0.1) is 0 Å². The lowest BCUT2D eigenvalue weighted by atomic mass is 10.1. The number of hydrogen-bond donors (Lipinski definition) is 3. The Morgan fingerprint density at radius 1 is 1.26 bits per heavy atom. The number of benzene rings is 1. The highest BCUT2D eigenvalue weighted by atomic mass is 16.4. The topological polar surface area (TPSA) is 88.2 Å². The first kappa shape index (κ1) is 12.9. The van der Waals surface area contributed by atoms with E-state index in [9.17, 15) is 4.79 Å². The fourth-order valence-electron chi connectivity index (χ4n) is 1.73. The summed E-state index contributed by atoms with van der Waals surface area (Å²) in [5, 5.41) is 12.1. The zero-order chi connectivity index (χ0) is 13.7. The van der Waals surface area contributed by atoms with Crippen molar-refractivity contribution in [3.05, 3.63) is 53.9 Å². The second-order valence-corrected chi connectivity index (χ2v) is 4.14. The van der Waals surface area contributed by atoms with Crippen LogP contribution in [0.4, 0.5) is 11.4 Å². The third-order valence-electron chi connectivity index (χ3n) is 2.78. The highest BCUT2D eigenvalue weighted by Crippen LogP contribution is 2.20. The molecule has 0 fully saturated rings. The third kappa shape index (κ3) is 3.45. The number of hydrogen-bond acceptors (Lipinski definition) is 4. The van der Waals surface area contributed by atoms with E-state index in [1.807, 2.05) is 12.1 Å². The molecule has 1 heterocycles. The Bertz CT molecular complexity index is 570. The SMILES string of the molecule is Nc1ccc(C(=O)O)cc1NCCc1ccncc1. The van der Waals surface area contributed by atoms with E-state index in [1.165, 1.54) is 6.07 Å². The number of nitrogens with zero attached hydrogens (tertiary/aromatic N) is 1. The molecule has 98 valence electrons. The summed E-state index contributed by atoms with van der Waals surface area (Å²) in [5.74, 6) is -0.961. The smallest absolute Gasteiger partial charge is 0.335 e. The van der Waals surface area contributed by atoms with E-state index in [1.54, 1.807) is 24.5 Å². The van der Waals surface area contributed by atoms with Crippen molar-refractivity contribution in [1.29, 1.82) is 0 Å². The number of nitrogen functional groups attached to an aromatic ring is 1. The van der Waals surface area contributed by atoms with Gasteiger partial charge < -0.3 is 16.2 Å². The lowest BCUT2D eigenvalue weighted by molar-refractivity contribution is 0.0697. The van der Waals surface area contributed by atoms with Gasteiger partial charge in [0.1, 0.15) is 0 Å². The first-order chi connectivity index (χ1) is 9.16. The summed E-state index contributed by atoms with van der Waals surface area (Å²) in [4.78, 5) is 14.8. The number of nitrogens with two attached hydrogens (primary N) is 1. The molecule has 0 aliphatic carbocycles. The van der Waals surface area contributed by atoms with Crippen LogP contribution >= 0.6 is 0 Å². The Balaban J connectivity index is 1.99. The van der Waals surface area contributed by atoms with Gasteiger partial charge in [-0.1, -0.05) is 0 Å². The molecule has 0 atom stereocenters. The maximum absolute atomic E-state index is 10.9. The summed E-state index contributed by atoms with van der Waals surface area (Å²) in [6.45, 7) is 0.678. The molecule has 19 heavy (non-hydrogen) atoms. The average Bonchev–Trinajstić information content (AvgIpc) is 2.42. The quantitative estimate of drug-likeness (QED) is 0.713. The molecule has 0 spiro atoms. The minimum atomic E-state index is -0.961. The van der Waals surface area contributed by atoms with Gasteiger partial charge in [-0.2, -0.15) is 0 Å². The van der Waals surface area contributed by atoms with Crippen molar-refractivity contribution in [3.63, 3.8) is 0 Å². The summed E-state index contributed by atoms with van der Waals surface area (Å²) in [5.41, 5.74) is 8.38. The molecule has 0 radical (unpaired) electrons. The highest BCUT2D eigenvalue weighted by Gasteiger charge is 2.06. The van der Waals surface area contributed by atoms with Gasteiger partial charge in [-0.05, 0) is 42.3 Å². The molecule has 0 bridgehead atoms. The van der Waals surface area contributed by atoms with E-state index >= 15 is 0 Å². The number of nitrogens with one attached hydrogen (secondary N) is 1. The summed E-state index contributed by atoms with van der Waals surface area (Å²) in [7, 11) is 0. The Hall–Kier alpha value is -2.56. The monoisotopic (exact) mass is 257 g/mol. The van der Waals surface area contributed by atoms with Crippen LogP contribution in [0.3, 0.4) is 0 Å². The molecule has 5 nitrogen and oxygen atoms in total. The minimum absolute atomic E-state index is 0.223. The second-order valence-electron chi connectivity index (χ2n) is 4.14. The molecule has 0 amide bonds. The lowest BCUT2D eigenvalue weighted by Gasteiger charge is -2.10. The number of aromatic nitrogens is 1. The zero-order valence-corrected chi connectivity index (χ0v) is 10.3. The van der Waals surface area contributed by atoms with Crippen LogP contribution < -0.4 is 11.1 Å². The van der Waals surface area contributed by atoms with E-state index in [0.717, 1.165) is 12.0 Å². The summed E-state index contributed by atoms with van der Waals surface area (Å²) >= 11 is 0. The summed E-state index contributed by atoms with van der Waals surface area (Å²) < 4.78 is 0. The van der Waals surface area contributed by atoms with Gasteiger partial charge in [-0.3, -0.25) is 4.98 Å². The Kier molecular flexibility index (Phi) is 3.97. The summed E-state index contributed by atoms with van der Waals surface area (Å²) in [6.07, 6.45) is 4.31. The third-order valence-corrected chi connectivity index (χ3v) is 2.78. The van der Waals surface area contributed by atoms with Crippen molar-refractivity contribution < 1.29 is 9.90 Å². The van der Waals surface area contributed by atoms with Gasteiger partial charge in [-0.25, -0.2) is 4.79 Å². The highest BCUT2D eigenvalue weighted by molar-refractivity contribution is 5.90. The van der Waals surface area contributed by atoms with Crippen LogP contribution in [-0.4, -0.2) is 22.6 Å². The molecule has 0 unspecified atom stereocenters. The molecule has 0 aliphatic rings. The molecule has 1 aromatic carbocycles. The van der Waals surface area contributed by atoms with Gasteiger partial charge in [0.25, 0.3) is 0 Å². The molecule has 0 saturated carbocycles. The maximum atomic E-state index is 10.9. The zero-order valence-electron chi connectivity index (χ0n) is 10.3. The van der Waals surface area contributed by atoms with Crippen LogP contribution in [0.2, 0.25) is 0 Å². The van der Waals surface area contributed by atoms with Gasteiger partial charge in [0, 0.05) is 18.9 Å². The van der Waals surface area contributed by atoms with Crippen molar-refractivity contribution in [2.45, 2.75) is 6.42 Å². The lowest BCUT2D eigenvalue weighted by Crippen LogP contribution is -2.08. The van der Waals surface area contributed by atoms with E-state index in [-0.39, 0.29) is 5.56 Å². The fraction of sp³-hybridized carbons (Fsp3) is 0.143. The Morgan fingerprint density at radius 3 is 2.68 bits per heavy atom. The molecule has 2 aromatic rings. The van der Waals surface area contributed by atoms with Crippen molar-refractivity contribution in [2.24, 2.45) is 0 Å². The number of carbonyl (C=O) groups is 1. The summed E-state index contributed by atoms with van der Waals surface area (Å²) in [6, 6.07) is 8.52. The van der Waals surface area contributed by atoms with Gasteiger partial charge in [0.05, 0.1) is 16.9 Å². The van der Waals surface area contributed by atoms with Gasteiger partial charge in [0.15, 0.2) is 0 Å². The molecule has 1 aromatic heterocycles. The normalized spacial score (nSPS) is 10.1. The van der Waals surface area contributed by atoms with E-state index in [0.29, 0.717) is 17.9 Å². The van der Waals surface area contributed by atoms with Crippen LogP contribution in [0.25, 0.3) is 0 Å². The maximum Gasteiger partial charge on any atom is 0.335 e. The predicted octanol–water partition coefficient (Wildman–Crippen LogP) is 2.02. The molecule has 0 saturated heterocycles. The largest absolute Gasteiger partial charge is 0.478 e. The first-order valence-corrected chi connectivity index (χ1v) is 5.92. The second kappa shape index (κ2) is 5.86. The predicted molar refractivity (Wildman–Crippen MR) is 74.2 cm³/mol. The van der Waals surface area contributed by atoms with Crippen LogP contribution in [0.1, 0.15) is 15.9 Å². The Labute approximate surface area is 111 Å². The van der Waals surface area contributed by atoms with Crippen LogP contribution in [0.5, 0.6) is 0 Å². The first-order valence-electron chi connectivity index (χ1n) is 5.92. The van der Waals surface area contributed by atoms with Crippen molar-refractivity contribution >= 4 is 17.3 Å². The van der Waals surface area contributed by atoms with Crippen LogP contribution in [0.15, 0.2) is 42.7 Å². The standard InChI is InChI=1S/C14H15N3O2/c15-12-2-1-11(14(18)19)9-13(12)17-8-5-10-3-6-16-7-4-10/h1-4,6-7,9,17H,5,8,15H2,(H,18,19). The van der Waals surface area contributed by atoms with Crippen molar-refractivity contribution in [1.82, 2.24) is 4.98 Å². The molecular formula is C14H15N3O2.